The minimum atomic E-state index is -3.19. The molecular formula is C73H93BrCl2Cs2MgN22O15S. The summed E-state index contributed by atoms with van der Waals surface area (Å²) in [4.78, 5) is 97.3. The molecule has 0 spiro atoms. The van der Waals surface area contributed by atoms with E-state index in [-0.39, 0.29) is 229 Å². The van der Waals surface area contributed by atoms with E-state index in [4.69, 9.17) is 31.5 Å². The Morgan fingerprint density at radius 3 is 1.12 bits per heavy atom. The molecule has 4 aromatic carbocycles. The molecule has 7 aromatic heterocycles. The molecule has 11 rings (SSSR count). The first-order chi connectivity index (χ1) is 53.8. The number of aromatic amines is 1. The Balaban J connectivity index is 0. The van der Waals surface area contributed by atoms with Crippen LogP contribution in [0.5, 0.6) is 0 Å². The van der Waals surface area contributed by atoms with Gasteiger partial charge in [0, 0.05) is 93.1 Å². The van der Waals surface area contributed by atoms with Gasteiger partial charge in [-0.25, -0.2) is 18.0 Å². The second kappa shape index (κ2) is 59.7. The molecule has 0 aliphatic rings. The van der Waals surface area contributed by atoms with Gasteiger partial charge in [-0.2, -0.15) is 75.3 Å². The molecule has 4 amide bonds. The molecule has 11 aromatic rings. The first-order valence-corrected chi connectivity index (χ1v) is 38.0. The summed E-state index contributed by atoms with van der Waals surface area (Å²) in [6.45, 7) is 20.1. The number of esters is 2. The fourth-order valence-corrected chi connectivity index (χ4v) is 10.0. The molecule has 0 fully saturated rings. The maximum atomic E-state index is 13.1. The average molecular weight is 1990 g/mol. The zero-order valence-corrected chi connectivity index (χ0v) is 85.0. The van der Waals surface area contributed by atoms with Crippen LogP contribution in [0, 0.1) is 7.43 Å². The Morgan fingerprint density at radius 1 is 0.530 bits per heavy atom. The van der Waals surface area contributed by atoms with Gasteiger partial charge in [-0.3, -0.25) is 38.4 Å². The number of halogens is 3. The summed E-state index contributed by atoms with van der Waals surface area (Å²) in [5, 5.41) is 74.7. The van der Waals surface area contributed by atoms with E-state index in [2.05, 4.69) is 81.5 Å². The number of amides is 4. The second-order valence-electron chi connectivity index (χ2n) is 23.1. The Labute approximate surface area is 833 Å². The number of benzene rings is 4. The number of para-hydroxylation sites is 4. The van der Waals surface area contributed by atoms with E-state index >= 15 is 0 Å². The number of alkyl halides is 1. The number of aliphatic hydroxyl groups excluding tert-OH is 1. The quantitative estimate of drug-likeness (QED) is 0.00633. The van der Waals surface area contributed by atoms with E-state index < -0.39 is 20.6 Å². The summed E-state index contributed by atoms with van der Waals surface area (Å²) in [5.74, 6) is -0.742. The molecular weight excluding hydrogens is 1900 g/mol. The number of nitrogens with one attached hydrogen (secondary N) is 1. The van der Waals surface area contributed by atoms with E-state index in [1.807, 2.05) is 82.3 Å². The maximum Gasteiger partial charge on any atom is 2.00 e. The van der Waals surface area contributed by atoms with Crippen molar-refractivity contribution in [3.8, 4) is 22.7 Å². The van der Waals surface area contributed by atoms with E-state index in [1.165, 1.54) is 31.6 Å². The van der Waals surface area contributed by atoms with Gasteiger partial charge in [-0.15, -0.1) is 11.6 Å². The van der Waals surface area contributed by atoms with Crippen molar-refractivity contribution in [3.05, 3.63) is 230 Å². The number of rotatable bonds is 28. The molecule has 0 bridgehead atoms. The van der Waals surface area contributed by atoms with Gasteiger partial charge in [0.1, 0.15) is 5.69 Å². The SMILES string of the molecule is CCN(CCCl)C(=O)c1ccccc1-n1nccn1.CCN(CCO)C(=O)c1ccccc1-n1nccn1.CCN(CCn1cc(C(C)(C)O)cn1)C(=O)c1ccccc1-n1nccn1.CCOC(=O)c1ccn[nH]1.CCOC(=O)c1cnn(CCN(CC)C(=O)c2ccccc2-n2nccn2)c1.CS(=O)(=O)Cl.O=CO[O-].[Br-].[CH3-].[Cs+].[Cs+].[H-].[Mg+2]. The topological polar surface area (TPSA) is 445 Å². The van der Waals surface area contributed by atoms with Crippen molar-refractivity contribution in [1.29, 1.82) is 0 Å². The van der Waals surface area contributed by atoms with Gasteiger partial charge in [-0.05, 0) is 110 Å². The minimum Gasteiger partial charge on any atom is -1.00 e. The van der Waals surface area contributed by atoms with Crippen LogP contribution in [0.2, 0.25) is 0 Å². The number of carbonyl (C=O) groups excluding carboxylic acids is 7. The van der Waals surface area contributed by atoms with E-state index in [1.54, 1.807) is 173 Å². The first kappa shape index (κ1) is 110. The molecule has 0 atom stereocenters. The summed E-state index contributed by atoms with van der Waals surface area (Å²) in [5.41, 5.74) is 5.34. The van der Waals surface area contributed by atoms with Crippen molar-refractivity contribution in [2.24, 2.45) is 0 Å². The molecule has 0 saturated heterocycles. The summed E-state index contributed by atoms with van der Waals surface area (Å²) in [6.07, 6.45) is 21.6. The predicted octanol–water partition coefficient (Wildman–Crippen LogP) is -3.25. The fraction of sp³-hybridized carbons (Fsp3) is 0.329. The summed E-state index contributed by atoms with van der Waals surface area (Å²) in [6, 6.07) is 30.5. The molecule has 616 valence electrons. The summed E-state index contributed by atoms with van der Waals surface area (Å²) >= 11 is 5.72. The molecule has 0 unspecified atom stereocenters. The van der Waals surface area contributed by atoms with Crippen LogP contribution in [0.15, 0.2) is 184 Å². The van der Waals surface area contributed by atoms with Crippen LogP contribution in [-0.2, 0) is 46.9 Å². The normalized spacial score (nSPS) is 10.1. The number of ether oxygens (including phenoxy) is 2. The van der Waals surface area contributed by atoms with Crippen molar-refractivity contribution in [1.82, 2.24) is 109 Å². The van der Waals surface area contributed by atoms with Crippen molar-refractivity contribution in [2.45, 2.75) is 74.1 Å². The second-order valence-corrected chi connectivity index (χ2v) is 26.5. The Hall–Kier alpha value is -6.88. The summed E-state index contributed by atoms with van der Waals surface area (Å²) < 4.78 is 31.8. The number of likely N-dealkylation sites (N-methyl/N-ethyl adjacent to an activating group) is 3. The molecule has 0 radical (unpaired) electrons. The first-order valence-electron chi connectivity index (χ1n) is 34.7. The van der Waals surface area contributed by atoms with Gasteiger partial charge in [0.2, 0.25) is 9.05 Å². The molecule has 44 heteroatoms. The smallest absolute Gasteiger partial charge is 1.00 e. The van der Waals surface area contributed by atoms with Crippen LogP contribution in [-0.4, -0.2) is 277 Å². The van der Waals surface area contributed by atoms with E-state index in [0.29, 0.717) is 141 Å². The molecule has 3 N–H and O–H groups in total. The van der Waals surface area contributed by atoms with Crippen molar-refractivity contribution >= 4 is 96.4 Å². The zero-order valence-electron chi connectivity index (χ0n) is 68.1. The van der Waals surface area contributed by atoms with Crippen molar-refractivity contribution in [3.63, 3.8) is 0 Å². The minimum absolute atomic E-state index is 0. The fourth-order valence-electron chi connectivity index (χ4n) is 9.83. The number of hydrogen-bond donors (Lipinski definition) is 3. The Bertz CT molecular complexity index is 4650. The third-order valence-electron chi connectivity index (χ3n) is 15.2. The Kier molecular flexibility index (Phi) is 56.2. The van der Waals surface area contributed by atoms with Gasteiger partial charge in [-0.1, -0.05) is 48.5 Å². The standard InChI is InChI=1S/C19H22N6O3.C19H24N6O2.C13H15ClN4O.C13H16N4O2.C6H8N2O2.CH3ClO2S.CH2O3.CH3.BrH.2Cs.Mg.H/c1-3-23(11-12-24-14-15(13-22-24)19(27)28-4-2)18(26)16-7-5-6-8-17(16)25-20-9-10-21-25;1-4-23(11-12-24-14-15(13-22-24)19(2,3)27)18(26)16-7-5-6-8-17(16)25-20-9-10-21-25;1-2-17(10-7-14)13(19)11-5-3-4-6-12(11)18-15-8-9-16-18;1-2-16(9-10-18)13(19)11-5-3-4-6-12(11)17-14-7-8-15-17;1-2-10-6(9)5-3-4-7-8-5;1-5(2,3)4;2-1-4-3;;;;;;/h5-10,13-14H,3-4,11-12H2,1-2H3;5-10,13-14,27H,4,11-12H2,1-3H3;3-6,8-9H,2,7,10H2,1H3;3-8,18H,2,9-10H2,1H3;3-4H,2H2,1H3,(H,7,8);1H3;1,3H;1H3;1H;;;;/q;;;;;;;-1;;2*+1;+2;-1/p-2. The third kappa shape index (κ3) is 37.3. The number of carbonyl (C=O) groups is 7. The van der Waals surface area contributed by atoms with Gasteiger partial charge in [0.05, 0.1) is 157 Å². The van der Waals surface area contributed by atoms with Crippen molar-refractivity contribution in [2.75, 3.05) is 84.3 Å². The van der Waals surface area contributed by atoms with Crippen LogP contribution < -0.4 is 160 Å². The van der Waals surface area contributed by atoms with Gasteiger partial charge < -0.3 is 75.3 Å². The zero-order chi connectivity index (χ0) is 82.0. The third-order valence-corrected chi connectivity index (χ3v) is 15.4. The van der Waals surface area contributed by atoms with Gasteiger partial charge in [0.15, 0.2) is 0 Å². The van der Waals surface area contributed by atoms with E-state index in [0.717, 1.165) is 11.8 Å². The number of aromatic nitrogens is 18. The van der Waals surface area contributed by atoms with Crippen LogP contribution in [0.4, 0.5) is 0 Å². The Morgan fingerprint density at radius 2 is 0.838 bits per heavy atom. The molecule has 0 aliphatic heterocycles. The monoisotopic (exact) mass is 1990 g/mol. The number of aliphatic hydroxyl groups is 2. The molecule has 0 saturated carbocycles. The summed E-state index contributed by atoms with van der Waals surface area (Å²) in [7, 11) is 1.31. The molecule has 7 heterocycles. The van der Waals surface area contributed by atoms with Crippen LogP contribution in [0.25, 0.3) is 22.7 Å². The number of H-pyrrole nitrogens is 1. The van der Waals surface area contributed by atoms with Crippen LogP contribution in [0.3, 0.4) is 0 Å². The number of nitrogens with zero attached hydrogens (tertiary/aromatic N) is 21. The maximum absolute atomic E-state index is 13.1. The predicted molar refractivity (Wildman–Crippen MR) is 421 cm³/mol. The van der Waals surface area contributed by atoms with Gasteiger partial charge in [0.25, 0.3) is 30.1 Å². The van der Waals surface area contributed by atoms with Crippen LogP contribution in [0.1, 0.15) is 125 Å². The number of hydrogen-bond acceptors (Lipinski definition) is 26. The van der Waals surface area contributed by atoms with Crippen molar-refractivity contribution < 1.29 is 228 Å². The molecule has 37 nitrogen and oxygen atoms in total. The average Bonchev–Trinajstić information content (AvgIpc) is 1.34. The molecule has 0 aliphatic carbocycles. The van der Waals surface area contributed by atoms with Crippen LogP contribution >= 0.6 is 22.3 Å². The van der Waals surface area contributed by atoms with Gasteiger partial charge >= 0.3 is 173 Å². The molecule has 117 heavy (non-hydrogen) atoms. The largest absolute Gasteiger partial charge is 2.00 e. The van der Waals surface area contributed by atoms with E-state index in [9.17, 15) is 42.3 Å².